The number of nitrogens with one attached hydrogen (secondary N) is 1. The Balaban J connectivity index is 1.92. The fourth-order valence-corrected chi connectivity index (χ4v) is 1.70. The molecule has 0 bridgehead atoms. The summed E-state index contributed by atoms with van der Waals surface area (Å²) in [6.45, 7) is 0.590. The van der Waals surface area contributed by atoms with Gasteiger partial charge in [0.1, 0.15) is 11.5 Å². The minimum atomic E-state index is -1.06. The zero-order chi connectivity index (χ0) is 13.7. The fraction of sp³-hybridized carbons (Fsp3) is 0.143. The van der Waals surface area contributed by atoms with Crippen molar-refractivity contribution < 1.29 is 14.3 Å². The average molecular weight is 260 g/mol. The number of halogens is 1. The van der Waals surface area contributed by atoms with Crippen LogP contribution in [0.4, 0.5) is 10.1 Å². The van der Waals surface area contributed by atoms with E-state index >= 15 is 0 Å². The summed E-state index contributed by atoms with van der Waals surface area (Å²) >= 11 is 0. The minimum Gasteiger partial charge on any atom is -0.477 e. The summed E-state index contributed by atoms with van der Waals surface area (Å²) in [6.07, 6.45) is 2.09. The number of carboxylic acids is 1. The molecule has 4 nitrogen and oxygen atoms in total. The third-order valence-electron chi connectivity index (χ3n) is 2.61. The Morgan fingerprint density at radius 3 is 2.89 bits per heavy atom. The van der Waals surface area contributed by atoms with Crippen LogP contribution in [0.3, 0.4) is 0 Å². The van der Waals surface area contributed by atoms with Crippen molar-refractivity contribution in [3.63, 3.8) is 0 Å². The van der Waals surface area contributed by atoms with Gasteiger partial charge in [0.05, 0.1) is 0 Å². The summed E-state index contributed by atoms with van der Waals surface area (Å²) in [5.41, 5.74) is 1.57. The van der Waals surface area contributed by atoms with Crippen LogP contribution >= 0.6 is 0 Å². The first-order valence-corrected chi connectivity index (χ1v) is 5.83. The van der Waals surface area contributed by atoms with E-state index in [2.05, 4.69) is 10.3 Å². The second kappa shape index (κ2) is 5.95. The van der Waals surface area contributed by atoms with Gasteiger partial charge in [0.15, 0.2) is 0 Å². The topological polar surface area (TPSA) is 62.2 Å². The van der Waals surface area contributed by atoms with Crippen molar-refractivity contribution in [2.75, 3.05) is 11.9 Å². The van der Waals surface area contributed by atoms with Crippen molar-refractivity contribution in [3.05, 3.63) is 59.7 Å². The number of rotatable bonds is 5. The van der Waals surface area contributed by atoms with Crippen molar-refractivity contribution in [2.24, 2.45) is 0 Å². The number of hydrogen-bond acceptors (Lipinski definition) is 3. The third-order valence-corrected chi connectivity index (χ3v) is 2.61. The van der Waals surface area contributed by atoms with Crippen LogP contribution in [0.1, 0.15) is 16.1 Å². The molecule has 5 heteroatoms. The van der Waals surface area contributed by atoms with Gasteiger partial charge in [-0.2, -0.15) is 0 Å². The van der Waals surface area contributed by atoms with Crippen LogP contribution in [-0.2, 0) is 6.42 Å². The van der Waals surface area contributed by atoms with Gasteiger partial charge in [-0.05, 0) is 36.2 Å². The van der Waals surface area contributed by atoms with Gasteiger partial charge in [-0.25, -0.2) is 14.2 Å². The molecule has 0 fully saturated rings. The molecule has 0 aliphatic rings. The number of nitrogens with zero attached hydrogens (tertiary/aromatic N) is 1. The Bertz CT molecular complexity index is 587. The summed E-state index contributed by atoms with van der Waals surface area (Å²) in [7, 11) is 0. The van der Waals surface area contributed by atoms with Crippen LogP contribution in [0.5, 0.6) is 0 Å². The molecule has 0 saturated carbocycles. The van der Waals surface area contributed by atoms with Crippen molar-refractivity contribution in [3.8, 4) is 0 Å². The summed E-state index contributed by atoms with van der Waals surface area (Å²) in [5, 5.41) is 11.9. The molecule has 2 aromatic rings. The van der Waals surface area contributed by atoms with Crippen LogP contribution < -0.4 is 5.32 Å². The third kappa shape index (κ3) is 3.77. The zero-order valence-electron chi connectivity index (χ0n) is 10.1. The Morgan fingerprint density at radius 1 is 1.32 bits per heavy atom. The van der Waals surface area contributed by atoms with E-state index < -0.39 is 5.97 Å². The predicted octanol–water partition coefficient (Wildman–Crippen LogP) is 2.57. The van der Waals surface area contributed by atoms with Crippen molar-refractivity contribution >= 4 is 11.7 Å². The van der Waals surface area contributed by atoms with Gasteiger partial charge in [-0.3, -0.25) is 0 Å². The lowest BCUT2D eigenvalue weighted by Crippen LogP contribution is -2.07. The molecule has 0 unspecified atom stereocenters. The van der Waals surface area contributed by atoms with Gasteiger partial charge in [0.2, 0.25) is 0 Å². The average Bonchev–Trinajstić information content (AvgIpc) is 2.39. The Morgan fingerprint density at radius 2 is 2.16 bits per heavy atom. The molecule has 0 atom stereocenters. The van der Waals surface area contributed by atoms with Crippen LogP contribution in [0.2, 0.25) is 0 Å². The molecular formula is C14H13FN2O2. The van der Waals surface area contributed by atoms with Gasteiger partial charge in [0, 0.05) is 18.4 Å². The van der Waals surface area contributed by atoms with Crippen molar-refractivity contribution in [1.82, 2.24) is 4.98 Å². The Hall–Kier alpha value is -2.43. The summed E-state index contributed by atoms with van der Waals surface area (Å²) in [6, 6.07) is 9.56. The molecule has 0 aliphatic carbocycles. The number of hydrogen-bond donors (Lipinski definition) is 2. The molecule has 1 aromatic heterocycles. The van der Waals surface area contributed by atoms with Gasteiger partial charge in [-0.1, -0.05) is 12.1 Å². The highest BCUT2D eigenvalue weighted by atomic mass is 19.1. The summed E-state index contributed by atoms with van der Waals surface area (Å²) in [5.74, 6) is -1.32. The van der Waals surface area contributed by atoms with E-state index in [0.717, 1.165) is 5.56 Å². The monoisotopic (exact) mass is 260 g/mol. The van der Waals surface area contributed by atoms with Crippen LogP contribution in [0.25, 0.3) is 0 Å². The maximum Gasteiger partial charge on any atom is 0.354 e. The lowest BCUT2D eigenvalue weighted by Gasteiger charge is -2.07. The fourth-order valence-electron chi connectivity index (χ4n) is 1.70. The van der Waals surface area contributed by atoms with Crippen LogP contribution in [-0.4, -0.2) is 22.6 Å². The predicted molar refractivity (Wildman–Crippen MR) is 69.8 cm³/mol. The number of benzene rings is 1. The standard InChI is InChI=1S/C14H13FN2O2/c15-11-3-1-2-10(8-11)4-6-16-12-5-7-17-13(9-12)14(18)19/h1-3,5,7-9H,4,6H2,(H,16,17)(H,18,19). The molecule has 2 rings (SSSR count). The molecule has 0 amide bonds. The lowest BCUT2D eigenvalue weighted by molar-refractivity contribution is 0.0690. The first-order chi connectivity index (χ1) is 9.15. The summed E-state index contributed by atoms with van der Waals surface area (Å²) in [4.78, 5) is 14.5. The summed E-state index contributed by atoms with van der Waals surface area (Å²) < 4.78 is 13.0. The number of anilines is 1. The molecule has 0 aliphatic heterocycles. The van der Waals surface area contributed by atoms with Gasteiger partial charge in [-0.15, -0.1) is 0 Å². The maximum absolute atomic E-state index is 13.0. The Labute approximate surface area is 109 Å². The number of carbonyl (C=O) groups is 1. The smallest absolute Gasteiger partial charge is 0.354 e. The van der Waals surface area contributed by atoms with E-state index in [-0.39, 0.29) is 11.5 Å². The molecule has 2 N–H and O–H groups in total. The van der Waals surface area contributed by atoms with Gasteiger partial charge < -0.3 is 10.4 Å². The lowest BCUT2D eigenvalue weighted by atomic mass is 10.1. The molecule has 1 heterocycles. The van der Waals surface area contributed by atoms with E-state index in [9.17, 15) is 9.18 Å². The van der Waals surface area contributed by atoms with Crippen molar-refractivity contribution in [2.45, 2.75) is 6.42 Å². The Kier molecular flexibility index (Phi) is 4.07. The largest absolute Gasteiger partial charge is 0.477 e. The molecule has 0 spiro atoms. The number of pyridine rings is 1. The SMILES string of the molecule is O=C(O)c1cc(NCCc2cccc(F)c2)ccn1. The molecule has 19 heavy (non-hydrogen) atoms. The van der Waals surface area contributed by atoms with E-state index in [1.165, 1.54) is 24.4 Å². The minimum absolute atomic E-state index is 0.00393. The molecule has 1 aromatic carbocycles. The highest BCUT2D eigenvalue weighted by Crippen LogP contribution is 2.09. The quantitative estimate of drug-likeness (QED) is 0.867. The maximum atomic E-state index is 13.0. The zero-order valence-corrected chi connectivity index (χ0v) is 10.1. The molecular weight excluding hydrogens is 247 g/mol. The first-order valence-electron chi connectivity index (χ1n) is 5.83. The van der Waals surface area contributed by atoms with Gasteiger partial charge >= 0.3 is 5.97 Å². The van der Waals surface area contributed by atoms with E-state index in [4.69, 9.17) is 5.11 Å². The molecule has 0 radical (unpaired) electrons. The first kappa shape index (κ1) is 13.0. The number of aromatic carboxylic acids is 1. The van der Waals surface area contributed by atoms with Crippen molar-refractivity contribution in [1.29, 1.82) is 0 Å². The highest BCUT2D eigenvalue weighted by Gasteiger charge is 2.04. The molecule has 0 saturated heterocycles. The van der Waals surface area contributed by atoms with Gasteiger partial charge in [0.25, 0.3) is 0 Å². The molecule has 98 valence electrons. The van der Waals surface area contributed by atoms with Crippen LogP contribution in [0, 0.1) is 5.82 Å². The second-order valence-electron chi connectivity index (χ2n) is 4.04. The highest BCUT2D eigenvalue weighted by molar-refractivity contribution is 5.86. The normalized spacial score (nSPS) is 10.2. The number of aromatic nitrogens is 1. The van der Waals surface area contributed by atoms with Crippen LogP contribution in [0.15, 0.2) is 42.6 Å². The van der Waals surface area contributed by atoms with E-state index in [1.54, 1.807) is 12.1 Å². The van der Waals surface area contributed by atoms with E-state index in [0.29, 0.717) is 18.7 Å². The number of carboxylic acid groups (broad SMARTS) is 1. The second-order valence-corrected chi connectivity index (χ2v) is 4.04. The van der Waals surface area contributed by atoms with E-state index in [1.807, 2.05) is 6.07 Å².